The van der Waals surface area contributed by atoms with Gasteiger partial charge < -0.3 is 14.2 Å². The van der Waals surface area contributed by atoms with E-state index in [1.165, 1.54) is 308 Å². The Morgan fingerprint density at radius 3 is 0.649 bits per heavy atom. The van der Waals surface area contributed by atoms with Crippen LogP contribution in [-0.2, 0) is 28.6 Å². The fraction of sp³-hybridized carbons (Fsp3) is 0.930. The van der Waals surface area contributed by atoms with E-state index in [1.807, 2.05) is 0 Å². The second kappa shape index (κ2) is 66.7. The summed E-state index contributed by atoms with van der Waals surface area (Å²) < 4.78 is 17.0. The molecule has 77 heavy (non-hydrogen) atoms. The van der Waals surface area contributed by atoms with Crippen LogP contribution in [0, 0.1) is 0 Å². The zero-order chi connectivity index (χ0) is 55.7. The molecule has 0 saturated carbocycles. The first-order valence-electron chi connectivity index (χ1n) is 35.2. The van der Waals surface area contributed by atoms with Crippen molar-refractivity contribution in [2.24, 2.45) is 0 Å². The van der Waals surface area contributed by atoms with Crippen LogP contribution in [0.5, 0.6) is 0 Å². The van der Waals surface area contributed by atoms with Crippen molar-refractivity contribution < 1.29 is 28.6 Å². The molecule has 0 aliphatic rings. The van der Waals surface area contributed by atoms with Crippen LogP contribution in [0.4, 0.5) is 0 Å². The summed E-state index contributed by atoms with van der Waals surface area (Å²) in [6, 6.07) is 0. The minimum atomic E-state index is -0.764. The van der Waals surface area contributed by atoms with Crippen molar-refractivity contribution in [2.45, 2.75) is 412 Å². The van der Waals surface area contributed by atoms with Crippen molar-refractivity contribution in [1.29, 1.82) is 0 Å². The average molecular weight is 1090 g/mol. The summed E-state index contributed by atoms with van der Waals surface area (Å²) in [7, 11) is 0. The number of hydrogen-bond acceptors (Lipinski definition) is 6. The predicted molar refractivity (Wildman–Crippen MR) is 335 cm³/mol. The number of unbranched alkanes of at least 4 members (excludes halogenated alkanes) is 53. The summed E-state index contributed by atoms with van der Waals surface area (Å²) in [6.45, 7) is 6.73. The quantitative estimate of drug-likeness (QED) is 0.0261. The normalized spacial score (nSPS) is 12.0. The van der Waals surface area contributed by atoms with E-state index in [-0.39, 0.29) is 31.1 Å². The molecule has 0 N–H and O–H groups in total. The molecule has 0 saturated heterocycles. The fourth-order valence-electron chi connectivity index (χ4n) is 11.0. The van der Waals surface area contributed by atoms with Gasteiger partial charge in [0.2, 0.25) is 0 Å². The zero-order valence-electron chi connectivity index (χ0n) is 52.5. The van der Waals surface area contributed by atoms with Crippen LogP contribution in [0.1, 0.15) is 406 Å². The van der Waals surface area contributed by atoms with Gasteiger partial charge in [-0.1, -0.05) is 354 Å². The summed E-state index contributed by atoms with van der Waals surface area (Å²) in [5, 5.41) is 0. The highest BCUT2D eigenvalue weighted by molar-refractivity contribution is 5.71. The van der Waals surface area contributed by atoms with Crippen molar-refractivity contribution in [3.8, 4) is 0 Å². The molecule has 1 atom stereocenters. The lowest BCUT2D eigenvalue weighted by atomic mass is 10.0. The minimum Gasteiger partial charge on any atom is -0.462 e. The first-order valence-corrected chi connectivity index (χ1v) is 35.2. The molecule has 0 aromatic rings. The van der Waals surface area contributed by atoms with E-state index in [9.17, 15) is 14.4 Å². The van der Waals surface area contributed by atoms with E-state index in [2.05, 4.69) is 32.9 Å². The van der Waals surface area contributed by atoms with Gasteiger partial charge in [-0.05, 0) is 44.9 Å². The van der Waals surface area contributed by atoms with Crippen LogP contribution in [0.3, 0.4) is 0 Å². The van der Waals surface area contributed by atoms with Gasteiger partial charge in [-0.2, -0.15) is 0 Å². The number of allylic oxidation sites excluding steroid dienone is 2. The van der Waals surface area contributed by atoms with Crippen LogP contribution in [0.25, 0.3) is 0 Å². The number of ether oxygens (including phenoxy) is 3. The Kier molecular flexibility index (Phi) is 65.1. The molecule has 0 fully saturated rings. The van der Waals surface area contributed by atoms with E-state index in [1.54, 1.807) is 0 Å². The van der Waals surface area contributed by atoms with E-state index in [0.717, 1.165) is 57.8 Å². The number of carbonyl (C=O) groups excluding carboxylic acids is 3. The highest BCUT2D eigenvalue weighted by Gasteiger charge is 2.19. The van der Waals surface area contributed by atoms with Crippen molar-refractivity contribution >= 4 is 17.9 Å². The van der Waals surface area contributed by atoms with Crippen LogP contribution in [0.15, 0.2) is 12.2 Å². The maximum absolute atomic E-state index is 12.9. The van der Waals surface area contributed by atoms with Gasteiger partial charge in [-0.15, -0.1) is 0 Å². The smallest absolute Gasteiger partial charge is 0.306 e. The van der Waals surface area contributed by atoms with Gasteiger partial charge in [0.05, 0.1) is 0 Å². The van der Waals surface area contributed by atoms with E-state index in [4.69, 9.17) is 14.2 Å². The second-order valence-corrected chi connectivity index (χ2v) is 24.2. The van der Waals surface area contributed by atoms with Gasteiger partial charge >= 0.3 is 17.9 Å². The molecule has 0 heterocycles. The van der Waals surface area contributed by atoms with Gasteiger partial charge in [0.15, 0.2) is 6.10 Å². The van der Waals surface area contributed by atoms with Crippen molar-refractivity contribution in [1.82, 2.24) is 0 Å². The highest BCUT2D eigenvalue weighted by Crippen LogP contribution is 2.19. The molecule has 0 aromatic heterocycles. The third kappa shape index (κ3) is 64.9. The Balaban J connectivity index is 4.15. The summed E-state index contributed by atoms with van der Waals surface area (Å²) in [5.74, 6) is -0.826. The topological polar surface area (TPSA) is 78.9 Å². The molecular formula is C71H136O6. The maximum Gasteiger partial charge on any atom is 0.306 e. The first kappa shape index (κ1) is 75.2. The Bertz CT molecular complexity index is 1200. The standard InChI is InChI=1S/C71H136O6/c1-4-7-10-13-16-19-22-25-28-30-31-32-33-34-35-36-37-38-39-40-41-42-44-46-49-52-55-58-61-64-70(73)76-67-68(66-75-69(72)63-60-57-54-51-48-45-27-24-21-18-15-12-9-6-3)77-71(74)65-62-59-56-53-50-47-43-29-26-23-20-17-14-11-8-5-2/h30-31,68H,4-29,32-67H2,1-3H3/b31-30-. The fourth-order valence-corrected chi connectivity index (χ4v) is 11.0. The van der Waals surface area contributed by atoms with E-state index in [0.29, 0.717) is 19.3 Å². The predicted octanol–water partition coefficient (Wildman–Crippen LogP) is 24.0. The third-order valence-electron chi connectivity index (χ3n) is 16.3. The summed E-state index contributed by atoms with van der Waals surface area (Å²) in [6.07, 6.45) is 79.6. The molecule has 6 nitrogen and oxygen atoms in total. The molecule has 0 aliphatic heterocycles. The lowest BCUT2D eigenvalue weighted by molar-refractivity contribution is -0.167. The van der Waals surface area contributed by atoms with Crippen molar-refractivity contribution in [2.75, 3.05) is 13.2 Å². The van der Waals surface area contributed by atoms with E-state index >= 15 is 0 Å². The zero-order valence-corrected chi connectivity index (χ0v) is 52.5. The molecule has 0 aliphatic carbocycles. The van der Waals surface area contributed by atoms with Gasteiger partial charge in [0.1, 0.15) is 13.2 Å². The maximum atomic E-state index is 12.9. The average Bonchev–Trinajstić information content (AvgIpc) is 3.43. The first-order chi connectivity index (χ1) is 38.0. The van der Waals surface area contributed by atoms with Gasteiger partial charge in [0, 0.05) is 19.3 Å². The number of esters is 3. The molecule has 0 amide bonds. The van der Waals surface area contributed by atoms with Gasteiger partial charge in [-0.3, -0.25) is 14.4 Å². The Hall–Kier alpha value is -1.85. The summed E-state index contributed by atoms with van der Waals surface area (Å²) in [5.41, 5.74) is 0. The second-order valence-electron chi connectivity index (χ2n) is 24.2. The van der Waals surface area contributed by atoms with Crippen molar-refractivity contribution in [3.63, 3.8) is 0 Å². The monoisotopic (exact) mass is 1090 g/mol. The van der Waals surface area contributed by atoms with Gasteiger partial charge in [0.25, 0.3) is 0 Å². The largest absolute Gasteiger partial charge is 0.462 e. The molecule has 6 heteroatoms. The minimum absolute atomic E-state index is 0.0620. The lowest BCUT2D eigenvalue weighted by Crippen LogP contribution is -2.30. The Labute approximate surface area is 481 Å². The van der Waals surface area contributed by atoms with Gasteiger partial charge in [-0.25, -0.2) is 0 Å². The van der Waals surface area contributed by atoms with Crippen LogP contribution >= 0.6 is 0 Å². The Morgan fingerprint density at radius 1 is 0.247 bits per heavy atom. The van der Waals surface area contributed by atoms with Crippen LogP contribution < -0.4 is 0 Å². The third-order valence-corrected chi connectivity index (χ3v) is 16.3. The highest BCUT2D eigenvalue weighted by atomic mass is 16.6. The lowest BCUT2D eigenvalue weighted by Gasteiger charge is -2.18. The SMILES string of the molecule is CCCCCCCCCC/C=C\CCCCCCCCCCCCCCCCCCCC(=O)OCC(COC(=O)CCCCCCCCCCCCCCCC)OC(=O)CCCCCCCCCCCCCCCCCC. The number of rotatable bonds is 66. The molecular weight excluding hydrogens is 949 g/mol. The molecule has 0 bridgehead atoms. The number of carbonyl (C=O) groups is 3. The molecule has 0 radical (unpaired) electrons. The number of hydrogen-bond donors (Lipinski definition) is 0. The molecule has 0 rings (SSSR count). The summed E-state index contributed by atoms with van der Waals surface area (Å²) >= 11 is 0. The summed E-state index contributed by atoms with van der Waals surface area (Å²) in [4.78, 5) is 38.4. The van der Waals surface area contributed by atoms with Crippen molar-refractivity contribution in [3.05, 3.63) is 12.2 Å². The van der Waals surface area contributed by atoms with E-state index < -0.39 is 6.10 Å². The Morgan fingerprint density at radius 2 is 0.429 bits per heavy atom. The molecule has 456 valence electrons. The van der Waals surface area contributed by atoms with Crippen LogP contribution in [-0.4, -0.2) is 37.2 Å². The molecule has 0 spiro atoms. The molecule has 1 unspecified atom stereocenters. The molecule has 0 aromatic carbocycles. The van der Waals surface area contributed by atoms with Crippen LogP contribution in [0.2, 0.25) is 0 Å².